The van der Waals surface area contributed by atoms with Crippen molar-refractivity contribution in [1.82, 2.24) is 4.98 Å². The van der Waals surface area contributed by atoms with E-state index in [1.807, 2.05) is 30.3 Å². The Morgan fingerprint density at radius 3 is 2.83 bits per heavy atom. The number of halogens is 1. The van der Waals surface area contributed by atoms with Gasteiger partial charge in [-0.05, 0) is 6.07 Å². The molecule has 3 aromatic rings. The zero-order valence-corrected chi connectivity index (χ0v) is 13.3. The van der Waals surface area contributed by atoms with E-state index >= 15 is 0 Å². The number of ether oxygens (including phenoxy) is 1. The molecule has 4 nitrogen and oxygen atoms in total. The Hall–Kier alpha value is -2.73. The van der Waals surface area contributed by atoms with Crippen molar-refractivity contribution < 1.29 is 13.9 Å². The number of carbonyl (C=O) groups excluding carboxylic acids is 1. The molecule has 0 saturated carbocycles. The number of amides is 1. The SMILES string of the molecule is O=C(Nc1scnc1-c1ccccc1)C1Cc2cccc(F)c2O1. The number of carbonyl (C=O) groups is 1. The first-order valence-corrected chi connectivity index (χ1v) is 8.34. The number of hydrogen-bond acceptors (Lipinski definition) is 4. The fourth-order valence-corrected chi connectivity index (χ4v) is 3.41. The monoisotopic (exact) mass is 340 g/mol. The molecule has 24 heavy (non-hydrogen) atoms. The van der Waals surface area contributed by atoms with Gasteiger partial charge in [0.1, 0.15) is 10.7 Å². The Balaban J connectivity index is 1.53. The first-order chi connectivity index (χ1) is 11.7. The smallest absolute Gasteiger partial charge is 0.266 e. The molecular weight excluding hydrogens is 327 g/mol. The van der Waals surface area contributed by atoms with Crippen LogP contribution in [0.1, 0.15) is 5.56 Å². The molecule has 1 atom stereocenters. The van der Waals surface area contributed by atoms with Gasteiger partial charge in [0, 0.05) is 17.5 Å². The van der Waals surface area contributed by atoms with E-state index in [0.717, 1.165) is 11.3 Å². The Kier molecular flexibility index (Phi) is 3.74. The molecule has 0 saturated heterocycles. The molecule has 6 heteroatoms. The molecule has 2 aromatic carbocycles. The van der Waals surface area contributed by atoms with Crippen molar-refractivity contribution in [2.24, 2.45) is 0 Å². The normalized spacial score (nSPS) is 15.6. The summed E-state index contributed by atoms with van der Waals surface area (Å²) in [6.45, 7) is 0. The van der Waals surface area contributed by atoms with Gasteiger partial charge in [-0.1, -0.05) is 42.5 Å². The number of benzene rings is 2. The lowest BCUT2D eigenvalue weighted by atomic mass is 10.1. The van der Waals surface area contributed by atoms with Crippen LogP contribution in [0.5, 0.6) is 5.75 Å². The average Bonchev–Trinajstić information content (AvgIpc) is 3.23. The van der Waals surface area contributed by atoms with Crippen molar-refractivity contribution in [3.8, 4) is 17.0 Å². The number of nitrogens with one attached hydrogen (secondary N) is 1. The van der Waals surface area contributed by atoms with Crippen molar-refractivity contribution in [3.63, 3.8) is 0 Å². The van der Waals surface area contributed by atoms with E-state index in [1.54, 1.807) is 17.6 Å². The maximum atomic E-state index is 13.7. The number of thiazole rings is 1. The molecular formula is C18H13FN2O2S. The van der Waals surface area contributed by atoms with Gasteiger partial charge in [0.2, 0.25) is 0 Å². The highest BCUT2D eigenvalue weighted by atomic mass is 32.1. The summed E-state index contributed by atoms with van der Waals surface area (Å²) < 4.78 is 19.2. The summed E-state index contributed by atoms with van der Waals surface area (Å²) in [6, 6.07) is 14.3. The van der Waals surface area contributed by atoms with E-state index in [1.165, 1.54) is 17.4 Å². The van der Waals surface area contributed by atoms with Crippen molar-refractivity contribution in [2.45, 2.75) is 12.5 Å². The van der Waals surface area contributed by atoms with E-state index in [4.69, 9.17) is 4.74 Å². The van der Waals surface area contributed by atoms with Crippen molar-refractivity contribution in [3.05, 3.63) is 65.4 Å². The summed E-state index contributed by atoms with van der Waals surface area (Å²) >= 11 is 1.35. The van der Waals surface area contributed by atoms with Gasteiger partial charge in [-0.2, -0.15) is 0 Å². The van der Waals surface area contributed by atoms with Crippen molar-refractivity contribution in [2.75, 3.05) is 5.32 Å². The summed E-state index contributed by atoms with van der Waals surface area (Å²) in [5.41, 5.74) is 4.04. The highest BCUT2D eigenvalue weighted by Crippen LogP contribution is 2.34. The number of rotatable bonds is 3. The van der Waals surface area contributed by atoms with Gasteiger partial charge in [0.15, 0.2) is 17.7 Å². The van der Waals surface area contributed by atoms with Gasteiger partial charge in [-0.15, -0.1) is 11.3 Å². The molecule has 1 aromatic heterocycles. The Morgan fingerprint density at radius 2 is 2.04 bits per heavy atom. The van der Waals surface area contributed by atoms with E-state index in [9.17, 15) is 9.18 Å². The van der Waals surface area contributed by atoms with E-state index in [-0.39, 0.29) is 11.7 Å². The molecule has 0 spiro atoms. The third-order valence-electron chi connectivity index (χ3n) is 3.86. The third kappa shape index (κ3) is 2.65. The summed E-state index contributed by atoms with van der Waals surface area (Å²) in [5.74, 6) is -0.567. The second-order valence-electron chi connectivity index (χ2n) is 5.42. The standard InChI is InChI=1S/C18H13FN2O2S/c19-13-8-4-7-12-9-14(23-16(12)13)17(22)21-18-15(20-10-24-18)11-5-2-1-3-6-11/h1-8,10,14H,9H2,(H,21,22). The summed E-state index contributed by atoms with van der Waals surface area (Å²) in [7, 11) is 0. The number of aromatic nitrogens is 1. The highest BCUT2D eigenvalue weighted by Gasteiger charge is 2.31. The fraction of sp³-hybridized carbons (Fsp3) is 0.111. The number of nitrogens with zero attached hydrogens (tertiary/aromatic N) is 1. The lowest BCUT2D eigenvalue weighted by Crippen LogP contribution is -2.31. The zero-order chi connectivity index (χ0) is 16.5. The molecule has 0 fully saturated rings. The van der Waals surface area contributed by atoms with Gasteiger partial charge in [-0.25, -0.2) is 9.37 Å². The van der Waals surface area contributed by atoms with Crippen LogP contribution in [0.2, 0.25) is 0 Å². The minimum atomic E-state index is -0.734. The molecule has 4 rings (SSSR count). The van der Waals surface area contributed by atoms with Crippen LogP contribution in [0.3, 0.4) is 0 Å². The van der Waals surface area contributed by atoms with Crippen molar-refractivity contribution in [1.29, 1.82) is 0 Å². The lowest BCUT2D eigenvalue weighted by molar-refractivity contribution is -0.122. The molecule has 1 aliphatic rings. The van der Waals surface area contributed by atoms with Crippen LogP contribution in [0.4, 0.5) is 9.39 Å². The second kappa shape index (κ2) is 6.05. The molecule has 1 N–H and O–H groups in total. The molecule has 0 aliphatic carbocycles. The zero-order valence-electron chi connectivity index (χ0n) is 12.5. The number of para-hydroxylation sites is 1. The Labute approximate surface area is 141 Å². The summed E-state index contributed by atoms with van der Waals surface area (Å²) in [6.07, 6.45) is -0.374. The van der Waals surface area contributed by atoms with Gasteiger partial charge in [-0.3, -0.25) is 4.79 Å². The van der Waals surface area contributed by atoms with Crippen LogP contribution in [-0.4, -0.2) is 17.0 Å². The third-order valence-corrected chi connectivity index (χ3v) is 4.60. The first kappa shape index (κ1) is 14.8. The van der Waals surface area contributed by atoms with Crippen LogP contribution >= 0.6 is 11.3 Å². The van der Waals surface area contributed by atoms with Crippen LogP contribution < -0.4 is 10.1 Å². The van der Waals surface area contributed by atoms with Gasteiger partial charge in [0.25, 0.3) is 5.91 Å². The number of anilines is 1. The lowest BCUT2D eigenvalue weighted by Gasteiger charge is -2.11. The molecule has 1 amide bonds. The Morgan fingerprint density at radius 1 is 1.21 bits per heavy atom. The van der Waals surface area contributed by atoms with E-state index < -0.39 is 11.9 Å². The minimum absolute atomic E-state index is 0.172. The fourth-order valence-electron chi connectivity index (χ4n) is 2.71. The molecule has 0 bridgehead atoms. The molecule has 2 heterocycles. The maximum absolute atomic E-state index is 13.7. The quantitative estimate of drug-likeness (QED) is 0.787. The predicted octanol–water partition coefficient (Wildman–Crippen LogP) is 3.89. The van der Waals surface area contributed by atoms with E-state index in [2.05, 4.69) is 10.3 Å². The first-order valence-electron chi connectivity index (χ1n) is 7.46. The molecule has 1 aliphatic heterocycles. The van der Waals surface area contributed by atoms with Crippen LogP contribution in [-0.2, 0) is 11.2 Å². The molecule has 120 valence electrons. The summed E-state index contributed by atoms with van der Waals surface area (Å²) in [4.78, 5) is 16.8. The topological polar surface area (TPSA) is 51.2 Å². The largest absolute Gasteiger partial charge is 0.477 e. The predicted molar refractivity (Wildman–Crippen MR) is 90.7 cm³/mol. The van der Waals surface area contributed by atoms with Crippen molar-refractivity contribution >= 4 is 22.2 Å². The Bertz CT molecular complexity index is 895. The van der Waals surface area contributed by atoms with Gasteiger partial charge >= 0.3 is 0 Å². The van der Waals surface area contributed by atoms with Crippen LogP contribution in [0.15, 0.2) is 54.0 Å². The van der Waals surface area contributed by atoms with Gasteiger partial charge in [0.05, 0.1) is 5.51 Å². The minimum Gasteiger partial charge on any atom is -0.477 e. The number of fused-ring (bicyclic) bond motifs is 1. The maximum Gasteiger partial charge on any atom is 0.266 e. The van der Waals surface area contributed by atoms with Crippen LogP contribution in [0, 0.1) is 5.82 Å². The van der Waals surface area contributed by atoms with Crippen LogP contribution in [0.25, 0.3) is 11.3 Å². The average molecular weight is 340 g/mol. The van der Waals surface area contributed by atoms with Gasteiger partial charge < -0.3 is 10.1 Å². The molecule has 0 radical (unpaired) electrons. The summed E-state index contributed by atoms with van der Waals surface area (Å²) in [5, 5.41) is 3.51. The number of hydrogen-bond donors (Lipinski definition) is 1. The second-order valence-corrected chi connectivity index (χ2v) is 6.28. The molecule has 1 unspecified atom stereocenters. The van der Waals surface area contributed by atoms with E-state index in [0.29, 0.717) is 17.0 Å². The highest BCUT2D eigenvalue weighted by molar-refractivity contribution is 7.14.